The number of carbonyl (C=O) groups excluding carboxylic acids is 2. The molecule has 1 aliphatic heterocycles. The average Bonchev–Trinajstić information content (AvgIpc) is 2.83. The van der Waals surface area contributed by atoms with Crippen LogP contribution >= 0.6 is 0 Å². The zero-order chi connectivity index (χ0) is 26.0. The van der Waals surface area contributed by atoms with E-state index >= 15 is 0 Å². The van der Waals surface area contributed by atoms with Gasteiger partial charge in [-0.1, -0.05) is 70.9 Å². The molecule has 4 nitrogen and oxygen atoms in total. The molecule has 4 heteroatoms. The highest BCUT2D eigenvalue weighted by Crippen LogP contribution is 2.40. The van der Waals surface area contributed by atoms with Gasteiger partial charge in [0, 0.05) is 23.8 Å². The highest BCUT2D eigenvalue weighted by molar-refractivity contribution is 5.99. The van der Waals surface area contributed by atoms with Gasteiger partial charge in [-0.25, -0.2) is 0 Å². The van der Waals surface area contributed by atoms with E-state index < -0.39 is 0 Å². The van der Waals surface area contributed by atoms with E-state index in [-0.39, 0.29) is 29.2 Å². The first kappa shape index (κ1) is 26.4. The summed E-state index contributed by atoms with van der Waals surface area (Å²) in [5.41, 5.74) is 4.91. The molecule has 2 aromatic carbocycles. The van der Waals surface area contributed by atoms with Gasteiger partial charge in [-0.05, 0) is 85.6 Å². The Bertz CT molecular complexity index is 1070. The fourth-order valence-corrected chi connectivity index (χ4v) is 6.35. The molecule has 1 saturated carbocycles. The van der Waals surface area contributed by atoms with Crippen LogP contribution in [0.2, 0.25) is 0 Å². The molecule has 1 heterocycles. The zero-order valence-electron chi connectivity index (χ0n) is 23.1. The SMILES string of the molecule is Cc1cccc(C)c1C(=O)N1CCCC(C(=O)Nc2cccc(C(C)(C)C)c2)[C@@H]1C1CCC(C)CC1. The van der Waals surface area contributed by atoms with Gasteiger partial charge in [-0.15, -0.1) is 0 Å². The maximum Gasteiger partial charge on any atom is 0.254 e. The van der Waals surface area contributed by atoms with Gasteiger partial charge in [0.1, 0.15) is 0 Å². The van der Waals surface area contributed by atoms with Gasteiger partial charge in [0.05, 0.1) is 5.92 Å². The number of rotatable bonds is 4. The van der Waals surface area contributed by atoms with Gasteiger partial charge >= 0.3 is 0 Å². The molecule has 0 radical (unpaired) electrons. The Morgan fingerprint density at radius 1 is 0.917 bits per heavy atom. The lowest BCUT2D eigenvalue weighted by atomic mass is 9.72. The molecule has 36 heavy (non-hydrogen) atoms. The summed E-state index contributed by atoms with van der Waals surface area (Å²) in [7, 11) is 0. The van der Waals surface area contributed by atoms with Crippen LogP contribution in [0.15, 0.2) is 42.5 Å². The summed E-state index contributed by atoms with van der Waals surface area (Å²) in [6, 6.07) is 14.2. The molecule has 2 atom stereocenters. The van der Waals surface area contributed by atoms with Crippen LogP contribution in [0.3, 0.4) is 0 Å². The molecule has 2 aliphatic rings. The van der Waals surface area contributed by atoms with Gasteiger partial charge in [-0.3, -0.25) is 9.59 Å². The molecule has 2 amide bonds. The zero-order valence-corrected chi connectivity index (χ0v) is 23.1. The van der Waals surface area contributed by atoms with Gasteiger partial charge in [0.25, 0.3) is 5.91 Å². The van der Waals surface area contributed by atoms with Crippen LogP contribution in [-0.2, 0) is 10.2 Å². The van der Waals surface area contributed by atoms with E-state index in [1.165, 1.54) is 18.4 Å². The minimum absolute atomic E-state index is 0.0154. The van der Waals surface area contributed by atoms with Crippen molar-refractivity contribution < 1.29 is 9.59 Å². The normalized spacial score (nSPS) is 24.9. The fraction of sp³-hybridized carbons (Fsp3) is 0.562. The van der Waals surface area contributed by atoms with Gasteiger partial charge in [0.2, 0.25) is 5.91 Å². The number of aryl methyl sites for hydroxylation is 2. The van der Waals surface area contributed by atoms with Crippen LogP contribution in [0.4, 0.5) is 5.69 Å². The number of benzene rings is 2. The molecular weight excluding hydrogens is 444 g/mol. The monoisotopic (exact) mass is 488 g/mol. The van der Waals surface area contributed by atoms with Gasteiger partial charge in [-0.2, -0.15) is 0 Å². The molecular formula is C32H44N2O2. The number of hydrogen-bond acceptors (Lipinski definition) is 2. The molecule has 1 aliphatic carbocycles. The second-order valence-corrected chi connectivity index (χ2v) is 12.3. The molecule has 1 unspecified atom stereocenters. The van der Waals surface area contributed by atoms with E-state index in [1.54, 1.807) is 0 Å². The largest absolute Gasteiger partial charge is 0.335 e. The highest BCUT2D eigenvalue weighted by Gasteiger charge is 2.44. The summed E-state index contributed by atoms with van der Waals surface area (Å²) >= 11 is 0. The lowest BCUT2D eigenvalue weighted by Gasteiger charge is -2.46. The second kappa shape index (κ2) is 10.8. The Balaban J connectivity index is 1.64. The van der Waals surface area contributed by atoms with Crippen LogP contribution in [0, 0.1) is 31.6 Å². The number of likely N-dealkylation sites (tertiary alicyclic amines) is 1. The summed E-state index contributed by atoms with van der Waals surface area (Å²) in [4.78, 5) is 29.9. The molecule has 1 N–H and O–H groups in total. The average molecular weight is 489 g/mol. The van der Waals surface area contributed by atoms with E-state index in [2.05, 4.69) is 50.0 Å². The van der Waals surface area contributed by atoms with Crippen LogP contribution in [-0.4, -0.2) is 29.3 Å². The van der Waals surface area contributed by atoms with Crippen molar-refractivity contribution >= 4 is 17.5 Å². The molecule has 4 rings (SSSR count). The van der Waals surface area contributed by atoms with Crippen LogP contribution in [0.25, 0.3) is 0 Å². The van der Waals surface area contributed by atoms with Gasteiger partial charge in [0.15, 0.2) is 0 Å². The lowest BCUT2D eigenvalue weighted by molar-refractivity contribution is -0.124. The van der Waals surface area contributed by atoms with E-state index in [0.717, 1.165) is 60.5 Å². The number of amides is 2. The number of piperidine rings is 1. The van der Waals surface area contributed by atoms with Crippen molar-refractivity contribution in [2.24, 2.45) is 17.8 Å². The number of nitrogens with one attached hydrogen (secondary N) is 1. The van der Waals surface area contributed by atoms with Crippen molar-refractivity contribution in [3.63, 3.8) is 0 Å². The first-order valence-corrected chi connectivity index (χ1v) is 13.8. The van der Waals surface area contributed by atoms with Gasteiger partial charge < -0.3 is 10.2 Å². The summed E-state index contributed by atoms with van der Waals surface area (Å²) < 4.78 is 0. The van der Waals surface area contributed by atoms with E-state index in [0.29, 0.717) is 5.92 Å². The number of anilines is 1. The molecule has 2 fully saturated rings. The number of hydrogen-bond donors (Lipinski definition) is 1. The van der Waals surface area contributed by atoms with Crippen molar-refractivity contribution in [2.45, 2.75) is 91.5 Å². The predicted molar refractivity (Wildman–Crippen MR) is 148 cm³/mol. The highest BCUT2D eigenvalue weighted by atomic mass is 16.2. The maximum absolute atomic E-state index is 14.0. The molecule has 0 spiro atoms. The minimum atomic E-state index is -0.191. The molecule has 194 valence electrons. The third-order valence-electron chi connectivity index (χ3n) is 8.52. The first-order chi connectivity index (χ1) is 17.1. The van der Waals surface area contributed by atoms with Crippen molar-refractivity contribution in [3.05, 3.63) is 64.7 Å². The first-order valence-electron chi connectivity index (χ1n) is 13.8. The summed E-state index contributed by atoms with van der Waals surface area (Å²) in [6.45, 7) is 13.7. The van der Waals surface area contributed by atoms with Crippen molar-refractivity contribution in [1.29, 1.82) is 0 Å². The van der Waals surface area contributed by atoms with Crippen molar-refractivity contribution in [1.82, 2.24) is 4.90 Å². The fourth-order valence-electron chi connectivity index (χ4n) is 6.35. The quantitative estimate of drug-likeness (QED) is 0.491. The predicted octanol–water partition coefficient (Wildman–Crippen LogP) is 7.29. The van der Waals surface area contributed by atoms with Crippen LogP contribution in [0.5, 0.6) is 0 Å². The molecule has 1 saturated heterocycles. The minimum Gasteiger partial charge on any atom is -0.335 e. The van der Waals surface area contributed by atoms with Crippen molar-refractivity contribution in [3.8, 4) is 0 Å². The van der Waals surface area contributed by atoms with E-state index in [9.17, 15) is 9.59 Å². The molecule has 0 aromatic heterocycles. The summed E-state index contributed by atoms with van der Waals surface area (Å²) in [5, 5.41) is 3.25. The number of carbonyl (C=O) groups is 2. The Labute approximate surface area is 217 Å². The Hall–Kier alpha value is -2.62. The smallest absolute Gasteiger partial charge is 0.254 e. The summed E-state index contributed by atoms with van der Waals surface area (Å²) in [5.74, 6) is 1.06. The standard InChI is InChI=1S/C32H44N2O2/c1-21-15-17-24(18-16-21)29-27(30(35)33-26-13-8-12-25(20-26)32(4,5)6)14-9-19-34(29)31(36)28-22(2)10-7-11-23(28)3/h7-8,10-13,20-21,24,27,29H,9,14-19H2,1-6H3,(H,33,35)/t21?,24?,27?,29-/m0/s1. The Morgan fingerprint density at radius 3 is 2.19 bits per heavy atom. The Kier molecular flexibility index (Phi) is 7.92. The van der Waals surface area contributed by atoms with Crippen LogP contribution in [0.1, 0.15) is 93.3 Å². The molecule has 2 aromatic rings. The topological polar surface area (TPSA) is 49.4 Å². The van der Waals surface area contributed by atoms with E-state index in [1.807, 2.05) is 44.2 Å². The van der Waals surface area contributed by atoms with E-state index in [4.69, 9.17) is 0 Å². The number of nitrogens with zero attached hydrogens (tertiary/aromatic N) is 1. The summed E-state index contributed by atoms with van der Waals surface area (Å²) in [6.07, 6.45) is 6.22. The van der Waals surface area contributed by atoms with Crippen LogP contribution < -0.4 is 5.32 Å². The second-order valence-electron chi connectivity index (χ2n) is 12.3. The third-order valence-corrected chi connectivity index (χ3v) is 8.52. The lowest BCUT2D eigenvalue weighted by Crippen LogP contribution is -2.55. The molecule has 0 bridgehead atoms. The third kappa shape index (κ3) is 5.68. The Morgan fingerprint density at radius 2 is 1.56 bits per heavy atom. The maximum atomic E-state index is 14.0. The van der Waals surface area contributed by atoms with Crippen molar-refractivity contribution in [2.75, 3.05) is 11.9 Å².